The molecule has 0 aliphatic carbocycles. The Morgan fingerprint density at radius 2 is 1.67 bits per heavy atom. The molecule has 0 bridgehead atoms. The third-order valence-corrected chi connectivity index (χ3v) is 2.58. The molecule has 1 aromatic carbocycles. The van der Waals surface area contributed by atoms with Crippen molar-refractivity contribution >= 4 is 60.6 Å². The second-order valence-corrected chi connectivity index (χ2v) is 4.36. The van der Waals surface area contributed by atoms with Crippen LogP contribution in [0.3, 0.4) is 0 Å². The molecule has 0 aromatic heterocycles. The van der Waals surface area contributed by atoms with Crippen LogP contribution in [0.25, 0.3) is 0 Å². The van der Waals surface area contributed by atoms with Crippen LogP contribution in [0.4, 0.5) is 0 Å². The van der Waals surface area contributed by atoms with E-state index in [-0.39, 0.29) is 66.9 Å². The first-order valence-electron chi connectivity index (χ1n) is 2.94. The van der Waals surface area contributed by atoms with Crippen LogP contribution in [0.5, 0.6) is 5.75 Å². The van der Waals surface area contributed by atoms with Crippen LogP contribution < -0.4 is 34.7 Å². The third kappa shape index (κ3) is 5.07. The Hall–Kier alpha value is 1.43. The van der Waals surface area contributed by atoms with E-state index in [0.717, 1.165) is 12.1 Å². The normalized spacial score (nSPS) is 10.1. The van der Waals surface area contributed by atoms with Crippen LogP contribution in [-0.4, -0.2) is 40.3 Å². The van der Waals surface area contributed by atoms with Gasteiger partial charge in [-0.3, -0.25) is 0 Å². The molecule has 0 aliphatic rings. The standard InChI is InChI=1S/C6H4Cl2O4S.Na.Tl/c7-3-1-4(8)6(9)5(2-3)13(10,11)12;;/h1-2,9H,(H,10,11,12);;/q;2*+1/p-2. The van der Waals surface area contributed by atoms with Gasteiger partial charge in [-0.05, 0) is 12.1 Å². The molecule has 0 aliphatic heterocycles. The summed E-state index contributed by atoms with van der Waals surface area (Å²) in [4.78, 5) is -0.926. The molecule has 0 saturated carbocycles. The van der Waals surface area contributed by atoms with Gasteiger partial charge in [0.05, 0.1) is 0 Å². The summed E-state index contributed by atoms with van der Waals surface area (Å²) < 4.78 is 31.5. The van der Waals surface area contributed by atoms with Crippen molar-refractivity contribution in [2.45, 2.75) is 4.90 Å². The Morgan fingerprint density at radius 1 is 1.20 bits per heavy atom. The Kier molecular flexibility index (Phi) is 8.76. The zero-order chi connectivity index (χ0) is 10.2. The number of halogens is 2. The predicted molar refractivity (Wildman–Crippen MR) is 49.6 cm³/mol. The topological polar surface area (TPSA) is 80.3 Å². The van der Waals surface area contributed by atoms with Crippen LogP contribution in [0.15, 0.2) is 17.0 Å². The van der Waals surface area contributed by atoms with Gasteiger partial charge >= 0.3 is 56.9 Å². The molecule has 0 N–H and O–H groups in total. The van der Waals surface area contributed by atoms with E-state index < -0.39 is 20.8 Å². The van der Waals surface area contributed by atoms with Crippen molar-refractivity contribution in [3.63, 3.8) is 0 Å². The largest absolute Gasteiger partial charge is 1.00 e. The van der Waals surface area contributed by atoms with Crippen molar-refractivity contribution in [2.75, 3.05) is 0 Å². The fourth-order valence-electron chi connectivity index (χ4n) is 0.722. The molecule has 1 rings (SSSR count). The maximum Gasteiger partial charge on any atom is 1.00 e. The molecule has 0 saturated heterocycles. The summed E-state index contributed by atoms with van der Waals surface area (Å²) >= 11 is 10.7. The minimum Gasteiger partial charge on any atom is -0.871 e. The summed E-state index contributed by atoms with van der Waals surface area (Å²) in [7, 11) is -4.81. The summed E-state index contributed by atoms with van der Waals surface area (Å²) in [6.45, 7) is 0. The molecular formula is C6H2Cl2NaO4STl. The first kappa shape index (κ1) is 18.8. The minimum absolute atomic E-state index is 0. The van der Waals surface area contributed by atoms with E-state index in [1.807, 2.05) is 0 Å². The van der Waals surface area contributed by atoms with Crippen LogP contribution in [-0.2, 0) is 10.1 Å². The van der Waals surface area contributed by atoms with E-state index >= 15 is 0 Å². The van der Waals surface area contributed by atoms with Gasteiger partial charge in [0.25, 0.3) is 0 Å². The zero-order valence-corrected chi connectivity index (χ0v) is 16.3. The van der Waals surface area contributed by atoms with E-state index in [0.29, 0.717) is 0 Å². The summed E-state index contributed by atoms with van der Waals surface area (Å²) in [6.07, 6.45) is 0. The van der Waals surface area contributed by atoms with Gasteiger partial charge in [0, 0.05) is 14.9 Å². The van der Waals surface area contributed by atoms with Crippen molar-refractivity contribution in [3.05, 3.63) is 22.2 Å². The van der Waals surface area contributed by atoms with E-state index in [1.165, 1.54) is 0 Å². The van der Waals surface area contributed by atoms with Gasteiger partial charge in [0.1, 0.15) is 10.1 Å². The van der Waals surface area contributed by atoms with Gasteiger partial charge in [-0.1, -0.05) is 29.0 Å². The fourth-order valence-corrected chi connectivity index (χ4v) is 1.94. The second kappa shape index (κ2) is 7.00. The molecular weight excluding hydrogens is 466 g/mol. The maximum absolute atomic E-state index is 11.0. The minimum atomic E-state index is -4.81. The van der Waals surface area contributed by atoms with Gasteiger partial charge in [0.15, 0.2) is 0 Å². The summed E-state index contributed by atoms with van der Waals surface area (Å²) in [5.74, 6) is -1.03. The quantitative estimate of drug-likeness (QED) is 0.340. The molecule has 0 spiro atoms. The Balaban J connectivity index is 0. The summed E-state index contributed by atoms with van der Waals surface area (Å²) in [6, 6.07) is 1.85. The number of benzene rings is 1. The Morgan fingerprint density at radius 3 is 2.07 bits per heavy atom. The maximum atomic E-state index is 11.0. The van der Waals surface area contributed by atoms with E-state index in [9.17, 15) is 18.1 Å². The molecule has 15 heavy (non-hydrogen) atoms. The summed E-state index contributed by atoms with van der Waals surface area (Å²) in [5.41, 5.74) is 0. The van der Waals surface area contributed by atoms with Gasteiger partial charge < -0.3 is 9.66 Å². The van der Waals surface area contributed by atoms with Crippen molar-refractivity contribution in [3.8, 4) is 5.75 Å². The van der Waals surface area contributed by atoms with Crippen LogP contribution in [0.2, 0.25) is 10.0 Å². The second-order valence-electron chi connectivity index (χ2n) is 2.17. The van der Waals surface area contributed by atoms with Crippen LogP contribution in [0.1, 0.15) is 0 Å². The SMILES string of the molecule is O=S(=O)([O-])c1cc(Cl)cc(Cl)c1[O-].[Na+].[Tl+]. The van der Waals surface area contributed by atoms with E-state index in [4.69, 9.17) is 23.2 Å². The molecule has 74 valence electrons. The Bertz CT molecular complexity index is 451. The molecule has 1 aromatic rings. The van der Waals surface area contributed by atoms with Crippen molar-refractivity contribution < 1.29 is 47.6 Å². The van der Waals surface area contributed by atoms with E-state index in [2.05, 4.69) is 0 Å². The first-order chi connectivity index (χ1) is 5.82. The number of hydrogen-bond donors (Lipinski definition) is 0. The summed E-state index contributed by atoms with van der Waals surface area (Å²) in [5, 5.41) is 10.5. The molecule has 0 radical (unpaired) electrons. The smallest absolute Gasteiger partial charge is 0.871 e. The molecule has 0 atom stereocenters. The van der Waals surface area contributed by atoms with Crippen LogP contribution in [0, 0.1) is 0 Å². The molecule has 0 fully saturated rings. The molecule has 0 amide bonds. The average Bonchev–Trinajstić information content (AvgIpc) is 1.94. The zero-order valence-electron chi connectivity index (χ0n) is 7.53. The molecule has 0 unspecified atom stereocenters. The third-order valence-electron chi connectivity index (χ3n) is 1.24. The van der Waals surface area contributed by atoms with E-state index in [1.54, 1.807) is 0 Å². The van der Waals surface area contributed by atoms with Gasteiger partial charge in [0.2, 0.25) is 0 Å². The Labute approximate surface area is 139 Å². The fraction of sp³-hybridized carbons (Fsp3) is 0. The van der Waals surface area contributed by atoms with Gasteiger partial charge in [-0.2, -0.15) is 0 Å². The monoisotopic (exact) mass is 468 g/mol. The van der Waals surface area contributed by atoms with Crippen molar-refractivity contribution in [1.82, 2.24) is 0 Å². The molecule has 4 nitrogen and oxygen atoms in total. The van der Waals surface area contributed by atoms with Crippen molar-refractivity contribution in [1.29, 1.82) is 0 Å². The molecule has 9 heteroatoms. The number of rotatable bonds is 1. The van der Waals surface area contributed by atoms with Crippen molar-refractivity contribution in [2.24, 2.45) is 0 Å². The van der Waals surface area contributed by atoms with Crippen LogP contribution >= 0.6 is 23.2 Å². The number of hydrogen-bond acceptors (Lipinski definition) is 4. The van der Waals surface area contributed by atoms with Gasteiger partial charge in [-0.25, -0.2) is 8.42 Å². The first-order valence-corrected chi connectivity index (χ1v) is 5.11. The van der Waals surface area contributed by atoms with Gasteiger partial charge in [-0.15, -0.1) is 0 Å². The predicted octanol–water partition coefficient (Wildman–Crippen LogP) is -2.41. The average molecular weight is 468 g/mol. The molecule has 0 heterocycles.